The number of piperidine rings is 1. The van der Waals surface area contributed by atoms with Crippen LogP contribution >= 0.6 is 0 Å². The van der Waals surface area contributed by atoms with E-state index in [0.29, 0.717) is 6.42 Å². The molecule has 2 aliphatic rings. The minimum absolute atomic E-state index is 0.0876. The minimum atomic E-state index is -4.70. The van der Waals surface area contributed by atoms with Crippen molar-refractivity contribution in [3.8, 4) is 0 Å². The fourth-order valence-corrected chi connectivity index (χ4v) is 3.50. The Morgan fingerprint density at radius 3 is 2.70 bits per heavy atom. The largest absolute Gasteiger partial charge is 0.418 e. The summed E-state index contributed by atoms with van der Waals surface area (Å²) in [7, 11) is 0. The predicted octanol–water partition coefficient (Wildman–Crippen LogP) is 3.01. The lowest BCUT2D eigenvalue weighted by Gasteiger charge is -2.40. The fraction of sp³-hybridized carbons (Fsp3) is 0.588. The fourth-order valence-electron chi connectivity index (χ4n) is 3.50. The number of halogens is 3. The number of hydrogen-bond donors (Lipinski definition) is 1. The number of aliphatic hydroxyl groups is 1. The standard InChI is InChI=1S/C17H20F3NO2/c1-11-5-2-3-6-12(11)13-9-14(13)15(22)21-8-4-7-16(23,10-21)17(18,19)20/h2-3,5-6,13-14,23H,4,7-10H2,1H3/t13-,14-,16-/m0/s1. The third kappa shape index (κ3) is 2.96. The van der Waals surface area contributed by atoms with Crippen LogP contribution in [0, 0.1) is 12.8 Å². The van der Waals surface area contributed by atoms with Gasteiger partial charge in [0.1, 0.15) is 0 Å². The molecule has 1 saturated carbocycles. The zero-order valence-corrected chi connectivity index (χ0v) is 12.9. The number of rotatable bonds is 2. The van der Waals surface area contributed by atoms with Crippen LogP contribution in [0.5, 0.6) is 0 Å². The highest BCUT2D eigenvalue weighted by molar-refractivity contribution is 5.83. The Balaban J connectivity index is 1.69. The van der Waals surface area contributed by atoms with Crippen molar-refractivity contribution in [2.24, 2.45) is 5.92 Å². The molecule has 1 amide bonds. The Kier molecular flexibility index (Phi) is 3.91. The van der Waals surface area contributed by atoms with E-state index in [2.05, 4.69) is 0 Å². The van der Waals surface area contributed by atoms with Gasteiger partial charge in [0.2, 0.25) is 5.91 Å². The molecule has 1 aliphatic carbocycles. The average molecular weight is 327 g/mol. The highest BCUT2D eigenvalue weighted by Gasteiger charge is 2.57. The molecule has 3 nitrogen and oxygen atoms in total. The second kappa shape index (κ2) is 5.51. The van der Waals surface area contributed by atoms with Crippen LogP contribution in [0.1, 0.15) is 36.3 Å². The highest BCUT2D eigenvalue weighted by Crippen LogP contribution is 2.50. The molecule has 0 unspecified atom stereocenters. The molecule has 2 fully saturated rings. The van der Waals surface area contributed by atoms with Crippen molar-refractivity contribution in [3.05, 3.63) is 35.4 Å². The quantitative estimate of drug-likeness (QED) is 0.907. The molecule has 3 atom stereocenters. The Hall–Kier alpha value is -1.56. The van der Waals surface area contributed by atoms with Gasteiger partial charge in [0.05, 0.1) is 6.54 Å². The summed E-state index contributed by atoms with van der Waals surface area (Å²) in [4.78, 5) is 13.7. The molecular weight excluding hydrogens is 307 g/mol. The Bertz CT molecular complexity index is 616. The van der Waals surface area contributed by atoms with Crippen LogP contribution in [0.25, 0.3) is 0 Å². The number of amides is 1. The highest BCUT2D eigenvalue weighted by atomic mass is 19.4. The zero-order chi connectivity index (χ0) is 16.8. The number of aryl methyl sites for hydroxylation is 1. The number of carbonyl (C=O) groups excluding carboxylic acids is 1. The first kappa shape index (κ1) is 16.3. The Morgan fingerprint density at radius 2 is 2.04 bits per heavy atom. The molecule has 0 aromatic heterocycles. The monoisotopic (exact) mass is 327 g/mol. The van der Waals surface area contributed by atoms with Crippen molar-refractivity contribution in [3.63, 3.8) is 0 Å². The molecule has 0 radical (unpaired) electrons. The van der Waals surface area contributed by atoms with Crippen molar-refractivity contribution >= 4 is 5.91 Å². The molecule has 23 heavy (non-hydrogen) atoms. The van der Waals surface area contributed by atoms with Gasteiger partial charge in [-0.2, -0.15) is 13.2 Å². The summed E-state index contributed by atoms with van der Waals surface area (Å²) in [5.41, 5.74) is -0.583. The third-order valence-corrected chi connectivity index (χ3v) is 5.01. The van der Waals surface area contributed by atoms with Crippen molar-refractivity contribution in [2.75, 3.05) is 13.1 Å². The van der Waals surface area contributed by atoms with E-state index in [-0.39, 0.29) is 37.1 Å². The number of benzene rings is 1. The molecule has 1 heterocycles. The lowest BCUT2D eigenvalue weighted by Crippen LogP contribution is -2.58. The SMILES string of the molecule is Cc1ccccc1[C@@H]1C[C@@H]1C(=O)N1CCC[C@@](O)(C(F)(F)F)C1. The van der Waals surface area contributed by atoms with E-state index < -0.39 is 18.3 Å². The van der Waals surface area contributed by atoms with Crippen molar-refractivity contribution in [1.29, 1.82) is 0 Å². The summed E-state index contributed by atoms with van der Waals surface area (Å²) in [5.74, 6) is -0.433. The average Bonchev–Trinajstić information content (AvgIpc) is 3.26. The van der Waals surface area contributed by atoms with Gasteiger partial charge in [-0.1, -0.05) is 24.3 Å². The lowest BCUT2D eigenvalue weighted by atomic mass is 9.91. The van der Waals surface area contributed by atoms with Gasteiger partial charge in [0, 0.05) is 12.5 Å². The van der Waals surface area contributed by atoms with Gasteiger partial charge in [0.15, 0.2) is 5.60 Å². The van der Waals surface area contributed by atoms with Gasteiger partial charge in [-0.15, -0.1) is 0 Å². The molecule has 0 bridgehead atoms. The number of nitrogens with zero attached hydrogens (tertiary/aromatic N) is 1. The molecule has 0 spiro atoms. The maximum atomic E-state index is 13.0. The molecule has 1 aliphatic heterocycles. The number of carbonyl (C=O) groups is 1. The van der Waals surface area contributed by atoms with Crippen LogP contribution in [0.15, 0.2) is 24.3 Å². The summed E-state index contributed by atoms with van der Waals surface area (Å²) < 4.78 is 39.0. The van der Waals surface area contributed by atoms with Crippen LogP contribution in [0.2, 0.25) is 0 Å². The van der Waals surface area contributed by atoms with E-state index in [9.17, 15) is 23.1 Å². The summed E-state index contributed by atoms with van der Waals surface area (Å²) in [6.45, 7) is 1.61. The normalized spacial score (nSPS) is 31.1. The first-order valence-electron chi connectivity index (χ1n) is 7.86. The molecule has 1 N–H and O–H groups in total. The zero-order valence-electron chi connectivity index (χ0n) is 12.9. The number of alkyl halides is 3. The van der Waals surface area contributed by atoms with Crippen molar-refractivity contribution in [1.82, 2.24) is 4.90 Å². The minimum Gasteiger partial charge on any atom is -0.379 e. The smallest absolute Gasteiger partial charge is 0.379 e. The molecular formula is C17H20F3NO2. The van der Waals surface area contributed by atoms with Gasteiger partial charge >= 0.3 is 6.18 Å². The number of likely N-dealkylation sites (tertiary alicyclic amines) is 1. The van der Waals surface area contributed by atoms with E-state index in [0.717, 1.165) is 11.1 Å². The topological polar surface area (TPSA) is 40.5 Å². The van der Waals surface area contributed by atoms with Gasteiger partial charge in [0.25, 0.3) is 0 Å². The maximum absolute atomic E-state index is 13.0. The van der Waals surface area contributed by atoms with E-state index in [1.54, 1.807) is 0 Å². The van der Waals surface area contributed by atoms with Gasteiger partial charge in [-0.05, 0) is 43.2 Å². The Morgan fingerprint density at radius 1 is 1.35 bits per heavy atom. The molecule has 1 saturated heterocycles. The Labute approximate surface area is 133 Å². The summed E-state index contributed by atoms with van der Waals surface area (Å²) in [6, 6.07) is 7.77. The van der Waals surface area contributed by atoms with Crippen molar-refractivity contribution in [2.45, 2.75) is 43.9 Å². The maximum Gasteiger partial charge on any atom is 0.418 e. The van der Waals surface area contributed by atoms with Crippen LogP contribution in [-0.2, 0) is 4.79 Å². The van der Waals surface area contributed by atoms with Crippen LogP contribution in [0.3, 0.4) is 0 Å². The summed E-state index contributed by atoms with van der Waals surface area (Å²) >= 11 is 0. The lowest BCUT2D eigenvalue weighted by molar-refractivity contribution is -0.272. The molecule has 126 valence electrons. The van der Waals surface area contributed by atoms with Crippen LogP contribution in [0.4, 0.5) is 13.2 Å². The van der Waals surface area contributed by atoms with Crippen molar-refractivity contribution < 1.29 is 23.1 Å². The van der Waals surface area contributed by atoms with Gasteiger partial charge < -0.3 is 10.0 Å². The third-order valence-electron chi connectivity index (χ3n) is 5.01. The molecule has 3 rings (SSSR count). The summed E-state index contributed by atoms with van der Waals surface area (Å²) in [5, 5.41) is 9.84. The van der Waals surface area contributed by atoms with Crippen LogP contribution < -0.4 is 0 Å². The predicted molar refractivity (Wildman–Crippen MR) is 78.8 cm³/mol. The molecule has 1 aromatic carbocycles. The number of hydrogen-bond acceptors (Lipinski definition) is 2. The van der Waals surface area contributed by atoms with E-state index in [1.807, 2.05) is 31.2 Å². The number of β-amino-alcohol motifs (C(OH)–C–C–N with tert-alkyl or cyclic N) is 1. The summed E-state index contributed by atoms with van der Waals surface area (Å²) in [6.07, 6.45) is -4.20. The second-order valence-electron chi connectivity index (χ2n) is 6.70. The van der Waals surface area contributed by atoms with E-state index in [1.165, 1.54) is 4.90 Å². The van der Waals surface area contributed by atoms with E-state index >= 15 is 0 Å². The van der Waals surface area contributed by atoms with Gasteiger partial charge in [-0.3, -0.25) is 4.79 Å². The molecule has 1 aromatic rings. The first-order valence-corrected chi connectivity index (χ1v) is 7.86. The van der Waals surface area contributed by atoms with Crippen LogP contribution in [-0.4, -0.2) is 40.8 Å². The first-order chi connectivity index (χ1) is 10.7. The second-order valence-corrected chi connectivity index (χ2v) is 6.70. The van der Waals surface area contributed by atoms with E-state index in [4.69, 9.17) is 0 Å². The molecule has 6 heteroatoms. The van der Waals surface area contributed by atoms with Gasteiger partial charge in [-0.25, -0.2) is 0 Å².